The van der Waals surface area contributed by atoms with Gasteiger partial charge in [0.05, 0.1) is 20.8 Å². The lowest BCUT2D eigenvalue weighted by atomic mass is 9.99. The normalized spacial score (nSPS) is 25.8. The van der Waals surface area contributed by atoms with E-state index in [1.54, 1.807) is 0 Å². The highest BCUT2D eigenvalue weighted by atomic mass is 16.7. The molecule has 4 rings (SSSR count). The number of phenolic OH excluding ortho intramolecular Hbond substituents is 1. The van der Waals surface area contributed by atoms with Crippen LogP contribution in [0.1, 0.15) is 0 Å². The number of benzene rings is 2. The minimum absolute atomic E-state index is 0.000237. The van der Waals surface area contributed by atoms with E-state index in [0.29, 0.717) is 0 Å². The summed E-state index contributed by atoms with van der Waals surface area (Å²) in [5.74, 6) is -0.0136. The molecule has 2 aromatic carbocycles. The zero-order valence-corrected chi connectivity index (χ0v) is 17.1. The molecular formula is C21H22O11. The summed E-state index contributed by atoms with van der Waals surface area (Å²) in [5.41, 5.74) is -0.609. The zero-order valence-electron chi connectivity index (χ0n) is 17.1. The molecule has 0 aliphatic carbocycles. The van der Waals surface area contributed by atoms with Crippen LogP contribution in [0, 0.1) is 0 Å². The van der Waals surface area contributed by atoms with Crippen molar-refractivity contribution >= 4 is 21.9 Å². The van der Waals surface area contributed by atoms with Gasteiger partial charge in [-0.1, -0.05) is 0 Å². The molecule has 0 amide bonds. The Morgan fingerprint density at radius 1 is 0.969 bits per heavy atom. The molecule has 0 bridgehead atoms. The van der Waals surface area contributed by atoms with Crippen LogP contribution in [0.5, 0.6) is 23.0 Å². The van der Waals surface area contributed by atoms with Gasteiger partial charge in [0.25, 0.3) is 0 Å². The minimum atomic E-state index is -1.69. The summed E-state index contributed by atoms with van der Waals surface area (Å²) in [4.78, 5) is 13.3. The highest BCUT2D eigenvalue weighted by molar-refractivity contribution is 5.98. The van der Waals surface area contributed by atoms with Crippen molar-refractivity contribution in [2.24, 2.45) is 0 Å². The summed E-state index contributed by atoms with van der Waals surface area (Å²) in [6.45, 7) is -0.642. The van der Waals surface area contributed by atoms with Crippen molar-refractivity contribution in [3.05, 3.63) is 34.5 Å². The molecule has 5 atom stereocenters. The second-order valence-electron chi connectivity index (χ2n) is 7.24. The van der Waals surface area contributed by atoms with Gasteiger partial charge in [0.2, 0.25) is 11.7 Å². The maximum atomic E-state index is 13.3. The number of ether oxygens (including phenoxy) is 4. The number of hydrogen-bond donors (Lipinski definition) is 5. The predicted molar refractivity (Wildman–Crippen MR) is 109 cm³/mol. The molecule has 1 aromatic heterocycles. The third-order valence-corrected chi connectivity index (χ3v) is 5.35. The monoisotopic (exact) mass is 450 g/mol. The van der Waals surface area contributed by atoms with Gasteiger partial charge in [0.1, 0.15) is 58.0 Å². The first kappa shape index (κ1) is 22.1. The van der Waals surface area contributed by atoms with Crippen molar-refractivity contribution in [3.63, 3.8) is 0 Å². The molecule has 11 heteroatoms. The second-order valence-corrected chi connectivity index (χ2v) is 7.24. The molecule has 1 saturated heterocycles. The van der Waals surface area contributed by atoms with Crippen LogP contribution in [-0.2, 0) is 4.74 Å². The number of phenols is 1. The van der Waals surface area contributed by atoms with Crippen LogP contribution in [0.2, 0.25) is 0 Å². The summed E-state index contributed by atoms with van der Waals surface area (Å²) in [7, 11) is 2.77. The fraction of sp³-hybridized carbons (Fsp3) is 0.381. The van der Waals surface area contributed by atoms with Crippen LogP contribution in [-0.4, -0.2) is 77.1 Å². The van der Waals surface area contributed by atoms with Crippen molar-refractivity contribution in [2.75, 3.05) is 20.8 Å². The van der Waals surface area contributed by atoms with E-state index in [4.69, 9.17) is 23.4 Å². The average molecular weight is 450 g/mol. The van der Waals surface area contributed by atoms with Gasteiger partial charge in [-0.25, -0.2) is 0 Å². The number of hydrogen-bond acceptors (Lipinski definition) is 11. The van der Waals surface area contributed by atoms with E-state index in [2.05, 4.69) is 0 Å². The molecule has 2 heterocycles. The summed E-state index contributed by atoms with van der Waals surface area (Å²) < 4.78 is 27.2. The van der Waals surface area contributed by atoms with E-state index >= 15 is 0 Å². The van der Waals surface area contributed by atoms with Crippen LogP contribution in [0.15, 0.2) is 33.5 Å². The molecule has 1 fully saturated rings. The summed E-state index contributed by atoms with van der Waals surface area (Å²) in [6.07, 6.45) is -7.64. The Bertz CT molecular complexity index is 1200. The molecule has 5 N–H and O–H groups in total. The number of aromatic hydroxyl groups is 1. The maximum Gasteiger partial charge on any atom is 0.229 e. The highest BCUT2D eigenvalue weighted by Gasteiger charge is 2.45. The summed E-state index contributed by atoms with van der Waals surface area (Å²) in [6, 6.07) is 5.51. The van der Waals surface area contributed by atoms with E-state index in [1.165, 1.54) is 38.5 Å². The third kappa shape index (κ3) is 3.49. The molecule has 0 radical (unpaired) electrons. The maximum absolute atomic E-state index is 13.3. The standard InChI is InChI=1S/C21H22O11/c1-28-8-5-9(23)14-12(6-8)30-20-11(29-2)4-3-10(15(20)17(14)25)31-21-19(27)18(26)16(24)13(7-22)32-21/h3-6,13,16,18-19,21-24,26-27H,7H2,1-2H3. The quantitative estimate of drug-likeness (QED) is 0.328. The van der Waals surface area contributed by atoms with Gasteiger partial charge < -0.3 is 48.9 Å². The van der Waals surface area contributed by atoms with Gasteiger partial charge in [-0.3, -0.25) is 4.79 Å². The van der Waals surface area contributed by atoms with Gasteiger partial charge in [0.15, 0.2) is 11.3 Å². The van der Waals surface area contributed by atoms with Crippen LogP contribution in [0.25, 0.3) is 21.9 Å². The van der Waals surface area contributed by atoms with Crippen LogP contribution >= 0.6 is 0 Å². The van der Waals surface area contributed by atoms with Crippen molar-refractivity contribution in [2.45, 2.75) is 30.7 Å². The molecule has 0 spiro atoms. The highest BCUT2D eigenvalue weighted by Crippen LogP contribution is 2.38. The fourth-order valence-electron chi connectivity index (χ4n) is 3.65. The second kappa shape index (κ2) is 8.45. The van der Waals surface area contributed by atoms with Gasteiger partial charge in [0, 0.05) is 12.1 Å². The number of rotatable bonds is 5. The van der Waals surface area contributed by atoms with E-state index in [-0.39, 0.29) is 44.9 Å². The van der Waals surface area contributed by atoms with Crippen molar-refractivity contribution < 1.29 is 48.9 Å². The molecule has 0 saturated carbocycles. The molecule has 172 valence electrons. The Labute approximate surface area is 180 Å². The first-order chi connectivity index (χ1) is 15.3. The Morgan fingerprint density at radius 2 is 1.69 bits per heavy atom. The summed E-state index contributed by atoms with van der Waals surface area (Å²) >= 11 is 0. The van der Waals surface area contributed by atoms with E-state index in [9.17, 15) is 30.3 Å². The molecule has 5 unspecified atom stereocenters. The Hall–Kier alpha value is -3.09. The van der Waals surface area contributed by atoms with Gasteiger partial charge in [-0.2, -0.15) is 0 Å². The summed E-state index contributed by atoms with van der Waals surface area (Å²) in [5, 5.41) is 49.7. The fourth-order valence-corrected chi connectivity index (χ4v) is 3.65. The molecule has 11 nitrogen and oxygen atoms in total. The number of fused-ring (bicyclic) bond motifs is 2. The Kier molecular flexibility index (Phi) is 5.84. The molecule has 3 aromatic rings. The lowest BCUT2D eigenvalue weighted by Crippen LogP contribution is -2.60. The SMILES string of the molecule is COc1cc(O)c2c(=O)c3c(OC4OC(CO)C(O)C(O)C4O)ccc(OC)c3oc2c1. The Morgan fingerprint density at radius 3 is 2.34 bits per heavy atom. The van der Waals surface area contributed by atoms with E-state index < -0.39 is 42.7 Å². The van der Waals surface area contributed by atoms with Gasteiger partial charge >= 0.3 is 0 Å². The molecule has 1 aliphatic heterocycles. The first-order valence-corrected chi connectivity index (χ1v) is 9.62. The topological polar surface area (TPSA) is 168 Å². The van der Waals surface area contributed by atoms with Crippen molar-refractivity contribution in [1.82, 2.24) is 0 Å². The van der Waals surface area contributed by atoms with Crippen LogP contribution < -0.4 is 19.6 Å². The van der Waals surface area contributed by atoms with Crippen LogP contribution in [0.4, 0.5) is 0 Å². The van der Waals surface area contributed by atoms with Gasteiger partial charge in [-0.15, -0.1) is 0 Å². The Balaban J connectivity index is 1.89. The van der Waals surface area contributed by atoms with E-state index in [1.807, 2.05) is 0 Å². The predicted octanol–water partition coefficient (Wildman–Crippen LogP) is -0.152. The molecular weight excluding hydrogens is 428 g/mol. The molecule has 32 heavy (non-hydrogen) atoms. The zero-order chi connectivity index (χ0) is 23.2. The van der Waals surface area contributed by atoms with Crippen molar-refractivity contribution in [3.8, 4) is 23.0 Å². The lowest BCUT2D eigenvalue weighted by molar-refractivity contribution is -0.277. The third-order valence-electron chi connectivity index (χ3n) is 5.35. The number of aliphatic hydroxyl groups is 4. The molecule has 1 aliphatic rings. The van der Waals surface area contributed by atoms with E-state index in [0.717, 1.165) is 0 Å². The lowest BCUT2D eigenvalue weighted by Gasteiger charge is -2.39. The van der Waals surface area contributed by atoms with Crippen LogP contribution in [0.3, 0.4) is 0 Å². The number of aliphatic hydroxyl groups excluding tert-OH is 4. The first-order valence-electron chi connectivity index (χ1n) is 9.62. The largest absolute Gasteiger partial charge is 0.507 e. The van der Waals surface area contributed by atoms with Crippen molar-refractivity contribution in [1.29, 1.82) is 0 Å². The minimum Gasteiger partial charge on any atom is -0.507 e. The van der Waals surface area contributed by atoms with Gasteiger partial charge in [-0.05, 0) is 12.1 Å². The number of methoxy groups -OCH3 is 2. The average Bonchev–Trinajstić information content (AvgIpc) is 2.78. The smallest absolute Gasteiger partial charge is 0.229 e.